The monoisotopic (exact) mass is 687 g/mol. The summed E-state index contributed by atoms with van der Waals surface area (Å²) < 4.78 is 66.1. The number of alkyl halides is 3. The molecule has 4 aromatic rings. The van der Waals surface area contributed by atoms with Gasteiger partial charge in [-0.2, -0.15) is 8.78 Å². The Morgan fingerprint density at radius 1 is 1.17 bits per heavy atom. The Balaban J connectivity index is 1.33. The first kappa shape index (κ1) is 32.5. The van der Waals surface area contributed by atoms with Gasteiger partial charge in [0.1, 0.15) is 41.3 Å². The number of ketones is 1. The van der Waals surface area contributed by atoms with Crippen LogP contribution in [0.4, 0.5) is 19.0 Å². The summed E-state index contributed by atoms with van der Waals surface area (Å²) in [5, 5.41) is 10.9. The van der Waals surface area contributed by atoms with E-state index in [1.807, 2.05) is 4.90 Å². The van der Waals surface area contributed by atoms with Gasteiger partial charge >= 0.3 is 11.9 Å². The lowest BCUT2D eigenvalue weighted by molar-refractivity contribution is -0.138. The molecule has 48 heavy (non-hydrogen) atoms. The van der Waals surface area contributed by atoms with Crippen molar-refractivity contribution >= 4 is 51.2 Å². The van der Waals surface area contributed by atoms with Gasteiger partial charge in [-0.25, -0.2) is 24.1 Å². The zero-order chi connectivity index (χ0) is 33.8. The lowest BCUT2D eigenvalue weighted by Crippen LogP contribution is -2.48. The number of Topliss-reactive ketones (excluding diaryl/α,β-unsaturated/α-hetero) is 1. The molecule has 4 aliphatic rings. The summed E-state index contributed by atoms with van der Waals surface area (Å²) in [5.41, 5.74) is -1.30. The lowest BCUT2D eigenvalue weighted by atomic mass is 9.78. The summed E-state index contributed by atoms with van der Waals surface area (Å²) in [5.74, 6) is -6.64. The third-order valence-corrected chi connectivity index (χ3v) is 9.63. The second kappa shape index (κ2) is 12.5. The van der Waals surface area contributed by atoms with E-state index >= 15 is 13.2 Å². The number of halogens is 4. The number of carbonyl (C=O) groups is 2. The molecule has 0 saturated carbocycles. The van der Waals surface area contributed by atoms with Crippen molar-refractivity contribution in [2.45, 2.75) is 56.3 Å². The minimum atomic E-state index is -3.67. The predicted molar refractivity (Wildman–Crippen MR) is 168 cm³/mol. The molecule has 0 aliphatic carbocycles. The predicted octanol–water partition coefficient (Wildman–Crippen LogP) is 5.51. The van der Waals surface area contributed by atoms with E-state index in [1.54, 1.807) is 31.2 Å². The lowest BCUT2D eigenvalue weighted by Gasteiger charge is -2.42. The second-order valence-corrected chi connectivity index (χ2v) is 13.2. The van der Waals surface area contributed by atoms with E-state index in [0.29, 0.717) is 11.0 Å². The van der Waals surface area contributed by atoms with Gasteiger partial charge in [0.05, 0.1) is 23.7 Å². The number of nitrogens with zero attached hydrogens (tertiary/aromatic N) is 5. The average molecular weight is 688 g/mol. The minimum absolute atomic E-state index is 0.0362. The molecular formula is C33H33ClF3N5O6. The van der Waals surface area contributed by atoms with Crippen molar-refractivity contribution in [3.05, 3.63) is 52.9 Å². The van der Waals surface area contributed by atoms with Crippen molar-refractivity contribution in [3.8, 4) is 5.88 Å². The van der Waals surface area contributed by atoms with Crippen molar-refractivity contribution in [1.82, 2.24) is 19.9 Å². The van der Waals surface area contributed by atoms with E-state index in [2.05, 4.69) is 15.0 Å². The van der Waals surface area contributed by atoms with Gasteiger partial charge in [0.2, 0.25) is 11.7 Å². The standard InChI is InChI=1S/C33H33ClF3N5O6/c1-18-14-41-9-8-32(18,35)23-11-19(34)13-38-29(23)47-21-12-24(30(44)45)42(16-21)28-27-26(22-6-2-3-7-25(22)48-27)39-31(40-28)33(36,37)17-46-10-4-5-20(43)15-41/h2-3,6-7,11,13,18,21,24H,4-5,8-10,12,14-17H2,1H3,(H,44,45)/t18-,21-,24-,32+/m0/s1. The molecule has 3 aromatic heterocycles. The highest BCUT2D eigenvalue weighted by Crippen LogP contribution is 2.46. The largest absolute Gasteiger partial charge is 0.480 e. The zero-order valence-corrected chi connectivity index (χ0v) is 26.8. The molecule has 2 fully saturated rings. The maximum absolute atomic E-state index is 17.0. The number of hydrogen-bond acceptors (Lipinski definition) is 10. The Morgan fingerprint density at radius 3 is 2.77 bits per heavy atom. The van der Waals surface area contributed by atoms with Crippen LogP contribution >= 0.6 is 11.6 Å². The Labute approximate surface area is 278 Å². The van der Waals surface area contributed by atoms with Crippen LogP contribution in [0.15, 0.2) is 40.9 Å². The Hall–Kier alpha value is -4.01. The molecule has 15 heteroatoms. The van der Waals surface area contributed by atoms with Gasteiger partial charge < -0.3 is 23.9 Å². The van der Waals surface area contributed by atoms with E-state index in [4.69, 9.17) is 25.5 Å². The van der Waals surface area contributed by atoms with Crippen LogP contribution in [0, 0.1) is 5.92 Å². The van der Waals surface area contributed by atoms with E-state index in [9.17, 15) is 14.7 Å². The van der Waals surface area contributed by atoms with Crippen LogP contribution in [-0.2, 0) is 25.9 Å². The molecule has 5 atom stereocenters. The SMILES string of the molecule is C[C@H]1CN2CC[C@]1(F)c1cc(Cl)cnc1O[C@H]1C[C@@H](C(=O)O)N(C1)c1nc(nc3c1oc1ccccc13)C(F)(F)COCCCC(=O)C2. The number of rotatable bonds is 1. The number of aliphatic carboxylic acids is 1. The van der Waals surface area contributed by atoms with Crippen LogP contribution in [0.1, 0.15) is 44.0 Å². The fraction of sp³-hybridized carbons (Fsp3) is 0.485. The van der Waals surface area contributed by atoms with E-state index < -0.39 is 48.1 Å². The molecule has 1 aromatic carbocycles. The third-order valence-electron chi connectivity index (χ3n) is 9.43. The van der Waals surface area contributed by atoms with E-state index in [0.717, 1.165) is 0 Å². The number of pyridine rings is 1. The molecule has 0 spiro atoms. The van der Waals surface area contributed by atoms with Gasteiger partial charge in [0, 0.05) is 50.0 Å². The van der Waals surface area contributed by atoms with Crippen molar-refractivity contribution in [3.63, 3.8) is 0 Å². The summed E-state index contributed by atoms with van der Waals surface area (Å²) in [6.45, 7) is 1.12. The van der Waals surface area contributed by atoms with Gasteiger partial charge in [-0.3, -0.25) is 9.69 Å². The fourth-order valence-corrected chi connectivity index (χ4v) is 7.12. The number of hydrogen-bond donors (Lipinski definition) is 1. The highest BCUT2D eigenvalue weighted by atomic mass is 35.5. The Bertz CT molecular complexity index is 1890. The molecule has 7 heterocycles. The summed E-state index contributed by atoms with van der Waals surface area (Å²) in [6, 6.07) is 6.94. The Morgan fingerprint density at radius 2 is 1.98 bits per heavy atom. The number of carbonyl (C=O) groups excluding carboxylic acids is 1. The number of anilines is 1. The smallest absolute Gasteiger partial charge is 0.329 e. The summed E-state index contributed by atoms with van der Waals surface area (Å²) in [4.78, 5) is 41.3. The first-order valence-electron chi connectivity index (χ1n) is 15.8. The van der Waals surface area contributed by atoms with Crippen LogP contribution < -0.4 is 9.64 Å². The van der Waals surface area contributed by atoms with Crippen molar-refractivity contribution in [2.75, 3.05) is 44.3 Å². The molecule has 11 nitrogen and oxygen atoms in total. The summed E-state index contributed by atoms with van der Waals surface area (Å²) >= 11 is 6.30. The fourth-order valence-electron chi connectivity index (χ4n) is 6.96. The highest BCUT2D eigenvalue weighted by molar-refractivity contribution is 6.30. The van der Waals surface area contributed by atoms with Gasteiger partial charge in [-0.15, -0.1) is 0 Å². The molecule has 0 amide bonds. The van der Waals surface area contributed by atoms with Gasteiger partial charge in [-0.05, 0) is 31.0 Å². The number of ether oxygens (including phenoxy) is 2. The molecule has 0 radical (unpaired) electrons. The number of aromatic nitrogens is 3. The number of fused-ring (bicyclic) bond motifs is 12. The molecule has 254 valence electrons. The molecule has 1 N–H and O–H groups in total. The minimum Gasteiger partial charge on any atom is -0.480 e. The molecule has 4 aliphatic heterocycles. The number of carboxylic acids is 1. The summed E-state index contributed by atoms with van der Waals surface area (Å²) in [7, 11) is 0. The maximum atomic E-state index is 17.0. The third kappa shape index (κ3) is 5.94. The number of piperidine rings is 1. The van der Waals surface area contributed by atoms with Crippen LogP contribution in [0.25, 0.3) is 22.1 Å². The van der Waals surface area contributed by atoms with Crippen LogP contribution in [-0.4, -0.2) is 88.2 Å². The van der Waals surface area contributed by atoms with Gasteiger partial charge in [0.25, 0.3) is 0 Å². The normalized spacial score (nSPS) is 28.2. The van der Waals surface area contributed by atoms with Crippen molar-refractivity contribution in [1.29, 1.82) is 0 Å². The number of para-hydroxylation sites is 1. The molecular weight excluding hydrogens is 655 g/mol. The van der Waals surface area contributed by atoms with Gasteiger partial charge in [-0.1, -0.05) is 30.7 Å². The number of carboxylic acid groups (broad SMARTS) is 1. The quantitative estimate of drug-likeness (QED) is 0.272. The van der Waals surface area contributed by atoms with Crippen molar-refractivity contribution < 1.29 is 41.8 Å². The number of benzene rings is 1. The molecule has 1 unspecified atom stereocenters. The van der Waals surface area contributed by atoms with Crippen LogP contribution in [0.5, 0.6) is 5.88 Å². The van der Waals surface area contributed by atoms with Crippen LogP contribution in [0.2, 0.25) is 5.02 Å². The van der Waals surface area contributed by atoms with Crippen LogP contribution in [0.3, 0.4) is 0 Å². The van der Waals surface area contributed by atoms with E-state index in [-0.39, 0.29) is 97.6 Å². The highest BCUT2D eigenvalue weighted by Gasteiger charge is 2.47. The molecule has 8 rings (SSSR count). The zero-order valence-electron chi connectivity index (χ0n) is 26.0. The summed E-state index contributed by atoms with van der Waals surface area (Å²) in [6.07, 6.45) is 0.737. The topological polar surface area (TPSA) is 131 Å². The van der Waals surface area contributed by atoms with Crippen molar-refractivity contribution in [2.24, 2.45) is 5.92 Å². The van der Waals surface area contributed by atoms with Gasteiger partial charge in [0.15, 0.2) is 11.4 Å². The Kier molecular flexibility index (Phi) is 8.45. The average Bonchev–Trinajstić information content (AvgIpc) is 3.64. The maximum Gasteiger partial charge on any atom is 0.329 e. The second-order valence-electron chi connectivity index (χ2n) is 12.8. The first-order chi connectivity index (χ1) is 22.9. The first-order valence-corrected chi connectivity index (χ1v) is 16.2. The van der Waals surface area contributed by atoms with E-state index in [1.165, 1.54) is 17.2 Å². The molecule has 6 bridgehead atoms. The number of furan rings is 1. The molecule has 2 saturated heterocycles.